The van der Waals surface area contributed by atoms with Gasteiger partial charge in [0.05, 0.1) is 38.5 Å². The lowest BCUT2D eigenvalue weighted by atomic mass is 9.83. The molecule has 10 heteroatoms. The summed E-state index contributed by atoms with van der Waals surface area (Å²) in [6.07, 6.45) is 5.29. The Kier molecular flexibility index (Phi) is 9.12. The van der Waals surface area contributed by atoms with Crippen LogP contribution in [0.15, 0.2) is 67.0 Å². The fourth-order valence-electron chi connectivity index (χ4n) is 5.48. The van der Waals surface area contributed by atoms with E-state index >= 15 is 0 Å². The lowest BCUT2D eigenvalue weighted by Gasteiger charge is -2.52. The smallest absolute Gasteiger partial charge is 0.415 e. The molecule has 38 heavy (non-hydrogen) atoms. The number of anilines is 1. The van der Waals surface area contributed by atoms with Crippen molar-refractivity contribution in [1.82, 2.24) is 9.97 Å². The van der Waals surface area contributed by atoms with Crippen LogP contribution in [-0.4, -0.2) is 59.4 Å². The van der Waals surface area contributed by atoms with Gasteiger partial charge >= 0.3 is 12.1 Å². The van der Waals surface area contributed by atoms with Crippen molar-refractivity contribution < 1.29 is 39.9 Å². The molecule has 7 nitrogen and oxygen atoms in total. The lowest BCUT2D eigenvalue weighted by molar-refractivity contribution is -0.946. The second-order valence-corrected chi connectivity index (χ2v) is 9.85. The minimum atomic E-state index is -0.587. The molecule has 1 aromatic heterocycles. The summed E-state index contributed by atoms with van der Waals surface area (Å²) in [6.45, 7) is 4.35. The SMILES string of the molecule is O=C(O[C@H]1C[N+]2(CCCOc3ncccn3)CCC1CC2)N(Cc1ccc(F)cc1)c1ccccc1F.[Cl-]. The van der Waals surface area contributed by atoms with Crippen molar-refractivity contribution in [2.45, 2.75) is 31.9 Å². The van der Waals surface area contributed by atoms with E-state index in [1.807, 2.05) is 0 Å². The molecule has 1 amide bonds. The van der Waals surface area contributed by atoms with Crippen molar-refractivity contribution in [2.75, 3.05) is 37.7 Å². The maximum absolute atomic E-state index is 14.7. The molecule has 0 radical (unpaired) electrons. The molecule has 2 bridgehead atoms. The molecular weight excluding hydrogens is 514 g/mol. The number of carbonyl (C=O) groups excluding carboxylic acids is 1. The van der Waals surface area contributed by atoms with Crippen molar-refractivity contribution in [2.24, 2.45) is 5.92 Å². The number of halogens is 3. The van der Waals surface area contributed by atoms with Gasteiger partial charge in [-0.15, -0.1) is 0 Å². The molecule has 3 fully saturated rings. The quantitative estimate of drug-likeness (QED) is 0.304. The molecule has 202 valence electrons. The van der Waals surface area contributed by atoms with Crippen LogP contribution < -0.4 is 22.0 Å². The van der Waals surface area contributed by atoms with Crippen molar-refractivity contribution in [1.29, 1.82) is 0 Å². The van der Waals surface area contributed by atoms with Crippen LogP contribution in [0.3, 0.4) is 0 Å². The average molecular weight is 545 g/mol. The summed E-state index contributed by atoms with van der Waals surface area (Å²) < 4.78 is 40.8. The minimum Gasteiger partial charge on any atom is -1.00 e. The van der Waals surface area contributed by atoms with Crippen LogP contribution in [0.5, 0.6) is 6.01 Å². The van der Waals surface area contributed by atoms with Crippen LogP contribution in [0.2, 0.25) is 0 Å². The van der Waals surface area contributed by atoms with Crippen LogP contribution in [-0.2, 0) is 11.3 Å². The van der Waals surface area contributed by atoms with Crippen LogP contribution in [0.1, 0.15) is 24.8 Å². The van der Waals surface area contributed by atoms with E-state index in [1.165, 1.54) is 23.1 Å². The van der Waals surface area contributed by atoms with Gasteiger partial charge in [0.1, 0.15) is 18.2 Å². The average Bonchev–Trinajstić information content (AvgIpc) is 2.92. The maximum Gasteiger partial charge on any atom is 0.415 e. The number of hydrogen-bond donors (Lipinski definition) is 0. The first-order valence-electron chi connectivity index (χ1n) is 12.7. The zero-order valence-electron chi connectivity index (χ0n) is 21.0. The molecule has 0 saturated carbocycles. The number of hydrogen-bond acceptors (Lipinski definition) is 5. The Balaban J connectivity index is 0.00000336. The molecule has 0 aliphatic carbocycles. The lowest BCUT2D eigenvalue weighted by Crippen LogP contribution is -3.00. The van der Waals surface area contributed by atoms with E-state index in [0.29, 0.717) is 24.1 Å². The van der Waals surface area contributed by atoms with E-state index in [0.717, 1.165) is 49.9 Å². The molecule has 3 aliphatic heterocycles. The number of fused-ring (bicyclic) bond motifs is 3. The molecular formula is C28H31ClF2N4O3. The highest BCUT2D eigenvalue weighted by Crippen LogP contribution is 2.36. The Morgan fingerprint density at radius 1 is 1.00 bits per heavy atom. The van der Waals surface area contributed by atoms with Gasteiger partial charge in [0.15, 0.2) is 6.10 Å². The highest BCUT2D eigenvalue weighted by Gasteiger charge is 2.47. The molecule has 4 heterocycles. The van der Waals surface area contributed by atoms with E-state index in [1.54, 1.807) is 48.8 Å². The van der Waals surface area contributed by atoms with Gasteiger partial charge in [0.25, 0.3) is 0 Å². The van der Waals surface area contributed by atoms with E-state index in [9.17, 15) is 13.6 Å². The molecule has 1 atom stereocenters. The number of quaternary nitrogens is 1. The Morgan fingerprint density at radius 3 is 2.42 bits per heavy atom. The first kappa shape index (κ1) is 27.7. The summed E-state index contributed by atoms with van der Waals surface area (Å²) in [4.78, 5) is 22.9. The fourth-order valence-corrected chi connectivity index (χ4v) is 5.48. The fraction of sp³-hybridized carbons (Fsp3) is 0.393. The van der Waals surface area contributed by atoms with Gasteiger partial charge in [-0.25, -0.2) is 23.5 Å². The first-order valence-corrected chi connectivity index (χ1v) is 12.7. The second-order valence-electron chi connectivity index (χ2n) is 9.85. The predicted octanol–water partition coefficient (Wildman–Crippen LogP) is 1.98. The molecule has 6 rings (SSSR count). The number of carbonyl (C=O) groups is 1. The van der Waals surface area contributed by atoms with Gasteiger partial charge in [-0.05, 0) is 35.9 Å². The Bertz CT molecular complexity index is 1190. The van der Waals surface area contributed by atoms with Crippen LogP contribution >= 0.6 is 0 Å². The monoisotopic (exact) mass is 544 g/mol. The first-order chi connectivity index (χ1) is 18.0. The predicted molar refractivity (Wildman–Crippen MR) is 134 cm³/mol. The van der Waals surface area contributed by atoms with Crippen molar-refractivity contribution in [3.63, 3.8) is 0 Å². The van der Waals surface area contributed by atoms with Crippen LogP contribution in [0, 0.1) is 17.6 Å². The highest BCUT2D eigenvalue weighted by molar-refractivity contribution is 5.87. The number of ether oxygens (including phenoxy) is 2. The third kappa shape index (κ3) is 6.57. The van der Waals surface area contributed by atoms with E-state index in [-0.39, 0.29) is 36.6 Å². The maximum atomic E-state index is 14.7. The number of para-hydroxylation sites is 1. The van der Waals surface area contributed by atoms with Crippen molar-refractivity contribution in [3.8, 4) is 6.01 Å². The minimum absolute atomic E-state index is 0. The van der Waals surface area contributed by atoms with Crippen LogP contribution in [0.25, 0.3) is 0 Å². The molecule has 0 unspecified atom stereocenters. The van der Waals surface area contributed by atoms with Gasteiger partial charge in [-0.1, -0.05) is 24.3 Å². The van der Waals surface area contributed by atoms with Crippen molar-refractivity contribution >= 4 is 11.8 Å². The highest BCUT2D eigenvalue weighted by atomic mass is 35.5. The van der Waals surface area contributed by atoms with Gasteiger partial charge in [0, 0.05) is 37.6 Å². The summed E-state index contributed by atoms with van der Waals surface area (Å²) in [5.74, 6) is -0.584. The summed E-state index contributed by atoms with van der Waals surface area (Å²) in [5.41, 5.74) is 0.823. The van der Waals surface area contributed by atoms with E-state index in [4.69, 9.17) is 9.47 Å². The zero-order valence-corrected chi connectivity index (χ0v) is 21.8. The van der Waals surface area contributed by atoms with Crippen molar-refractivity contribution in [3.05, 3.63) is 84.2 Å². The zero-order chi connectivity index (χ0) is 25.7. The Morgan fingerprint density at radius 2 is 1.71 bits per heavy atom. The molecule has 2 aromatic carbocycles. The second kappa shape index (κ2) is 12.5. The third-order valence-electron chi connectivity index (χ3n) is 7.46. The number of nitrogens with zero attached hydrogens (tertiary/aromatic N) is 4. The Labute approximate surface area is 227 Å². The molecule has 0 N–H and O–H groups in total. The van der Waals surface area contributed by atoms with E-state index in [2.05, 4.69) is 9.97 Å². The summed E-state index contributed by atoms with van der Waals surface area (Å²) in [6, 6.07) is 14.1. The molecule has 3 aromatic rings. The van der Waals surface area contributed by atoms with Gasteiger partial charge < -0.3 is 26.4 Å². The van der Waals surface area contributed by atoms with Gasteiger partial charge in [-0.2, -0.15) is 0 Å². The molecule has 3 aliphatic rings. The summed E-state index contributed by atoms with van der Waals surface area (Å²) in [5, 5.41) is 0. The largest absolute Gasteiger partial charge is 1.00 e. The molecule has 0 spiro atoms. The molecule has 3 saturated heterocycles. The number of amides is 1. The summed E-state index contributed by atoms with van der Waals surface area (Å²) >= 11 is 0. The topological polar surface area (TPSA) is 64.5 Å². The van der Waals surface area contributed by atoms with E-state index < -0.39 is 11.9 Å². The summed E-state index contributed by atoms with van der Waals surface area (Å²) in [7, 11) is 0. The standard InChI is InChI=1S/C28H31F2N4O3.ClH/c29-23-9-7-21(8-10-23)19-33(25-6-2-1-5-24(25)30)28(35)37-26-20-34(16-11-22(26)12-17-34)15-4-18-36-27-31-13-3-14-32-27;/h1-3,5-10,13-14,22,26H,4,11-12,15-20H2;1H/q+1;/p-1/t22?,26-,34?;/m0./s1. The number of rotatable bonds is 9. The van der Waals surface area contributed by atoms with Crippen LogP contribution in [0.4, 0.5) is 19.3 Å². The Hall–Kier alpha value is -3.30. The van der Waals surface area contributed by atoms with Gasteiger partial charge in [0.2, 0.25) is 0 Å². The third-order valence-corrected chi connectivity index (χ3v) is 7.46. The number of benzene rings is 2. The normalized spacial score (nSPS) is 21.8. The number of aromatic nitrogens is 2. The number of piperidine rings is 3. The van der Waals surface area contributed by atoms with Gasteiger partial charge in [-0.3, -0.25) is 4.90 Å².